The van der Waals surface area contributed by atoms with E-state index in [9.17, 15) is 19.7 Å². The Balaban J connectivity index is 1.61. The fourth-order valence-corrected chi connectivity index (χ4v) is 4.54. The first kappa shape index (κ1) is 20.8. The zero-order valence-corrected chi connectivity index (χ0v) is 18.0. The number of non-ortho nitro benzene ring substituents is 1. The monoisotopic (exact) mass is 443 g/mol. The SMILES string of the molecule is Cc1ccc([C@H]2[C@H]3C(=O)N(c4ccccc4C)C(=O)[C@H]3ON2c2cccc([N+](=O)[O-])c2)cc1. The van der Waals surface area contributed by atoms with Crippen LogP contribution in [0.5, 0.6) is 0 Å². The molecule has 3 aromatic carbocycles. The Morgan fingerprint density at radius 1 is 0.909 bits per heavy atom. The zero-order chi connectivity index (χ0) is 23.3. The molecule has 2 amide bonds. The van der Waals surface area contributed by atoms with E-state index in [-0.39, 0.29) is 11.6 Å². The summed E-state index contributed by atoms with van der Waals surface area (Å²) in [6.45, 7) is 3.80. The van der Waals surface area contributed by atoms with Crippen LogP contribution in [0, 0.1) is 29.9 Å². The maximum atomic E-state index is 13.6. The van der Waals surface area contributed by atoms with Gasteiger partial charge in [0.25, 0.3) is 11.6 Å². The first-order valence-electron chi connectivity index (χ1n) is 10.6. The minimum atomic E-state index is -1.03. The fraction of sp³-hybridized carbons (Fsp3) is 0.200. The summed E-state index contributed by atoms with van der Waals surface area (Å²) in [4.78, 5) is 45.1. The van der Waals surface area contributed by atoms with Gasteiger partial charge in [0.2, 0.25) is 5.91 Å². The lowest BCUT2D eigenvalue weighted by Crippen LogP contribution is -2.37. The third-order valence-electron chi connectivity index (χ3n) is 6.19. The molecule has 2 saturated heterocycles. The highest BCUT2D eigenvalue weighted by molar-refractivity contribution is 6.24. The third-order valence-corrected chi connectivity index (χ3v) is 6.19. The summed E-state index contributed by atoms with van der Waals surface area (Å²) in [7, 11) is 0. The van der Waals surface area contributed by atoms with E-state index >= 15 is 0 Å². The summed E-state index contributed by atoms with van der Waals surface area (Å²) >= 11 is 0. The van der Waals surface area contributed by atoms with Gasteiger partial charge >= 0.3 is 0 Å². The van der Waals surface area contributed by atoms with Gasteiger partial charge in [0.15, 0.2) is 6.10 Å². The number of hydrogen-bond acceptors (Lipinski definition) is 6. The Morgan fingerprint density at radius 2 is 1.64 bits per heavy atom. The summed E-state index contributed by atoms with van der Waals surface area (Å²) in [5.41, 5.74) is 3.48. The Morgan fingerprint density at radius 3 is 2.33 bits per heavy atom. The molecule has 0 aliphatic carbocycles. The predicted octanol–water partition coefficient (Wildman–Crippen LogP) is 4.26. The van der Waals surface area contributed by atoms with Crippen LogP contribution >= 0.6 is 0 Å². The number of aryl methyl sites for hydroxylation is 2. The minimum absolute atomic E-state index is 0.102. The number of hydroxylamine groups is 1. The van der Waals surface area contributed by atoms with Crippen molar-refractivity contribution < 1.29 is 19.3 Å². The number of nitrogens with zero attached hydrogens (tertiary/aromatic N) is 3. The van der Waals surface area contributed by atoms with Crippen molar-refractivity contribution in [2.24, 2.45) is 5.92 Å². The molecule has 0 unspecified atom stereocenters. The number of benzene rings is 3. The molecule has 8 heteroatoms. The topological polar surface area (TPSA) is 93.0 Å². The van der Waals surface area contributed by atoms with Crippen LogP contribution in [0.4, 0.5) is 17.1 Å². The van der Waals surface area contributed by atoms with Crippen LogP contribution < -0.4 is 9.96 Å². The van der Waals surface area contributed by atoms with Gasteiger partial charge in [-0.2, -0.15) is 0 Å². The molecular formula is C25H21N3O5. The van der Waals surface area contributed by atoms with Crippen LogP contribution in [0.2, 0.25) is 0 Å². The molecule has 0 aromatic heterocycles. The number of nitro benzene ring substituents is 1. The van der Waals surface area contributed by atoms with E-state index in [1.165, 1.54) is 22.1 Å². The van der Waals surface area contributed by atoms with Crippen molar-refractivity contribution in [1.29, 1.82) is 0 Å². The molecule has 3 aromatic rings. The van der Waals surface area contributed by atoms with E-state index in [0.29, 0.717) is 11.4 Å². The molecule has 8 nitrogen and oxygen atoms in total. The number of para-hydroxylation sites is 1. The van der Waals surface area contributed by atoms with Gasteiger partial charge in [-0.3, -0.25) is 24.5 Å². The van der Waals surface area contributed by atoms with Crippen LogP contribution in [0.25, 0.3) is 0 Å². The van der Waals surface area contributed by atoms with Crippen LogP contribution in [-0.2, 0) is 14.4 Å². The average molecular weight is 443 g/mol. The van der Waals surface area contributed by atoms with Crippen LogP contribution in [0.3, 0.4) is 0 Å². The number of nitro groups is 1. The van der Waals surface area contributed by atoms with Crippen molar-refractivity contribution in [2.75, 3.05) is 9.96 Å². The van der Waals surface area contributed by atoms with Gasteiger partial charge in [-0.05, 0) is 37.1 Å². The van der Waals surface area contributed by atoms with Crippen molar-refractivity contribution in [3.63, 3.8) is 0 Å². The summed E-state index contributed by atoms with van der Waals surface area (Å²) in [6, 6.07) is 20.2. The number of fused-ring (bicyclic) bond motifs is 1. The number of anilines is 2. The second-order valence-electron chi connectivity index (χ2n) is 8.31. The van der Waals surface area contributed by atoms with E-state index in [0.717, 1.165) is 16.7 Å². The average Bonchev–Trinajstić information content (AvgIpc) is 3.31. The second kappa shape index (κ2) is 7.83. The number of carbonyl (C=O) groups excluding carboxylic acids is 2. The molecular weight excluding hydrogens is 422 g/mol. The third kappa shape index (κ3) is 3.35. The van der Waals surface area contributed by atoms with Gasteiger partial charge in [0.1, 0.15) is 5.92 Å². The summed E-state index contributed by atoms with van der Waals surface area (Å²) in [6.07, 6.45) is -1.03. The lowest BCUT2D eigenvalue weighted by Gasteiger charge is -2.29. The van der Waals surface area contributed by atoms with Gasteiger partial charge in [0, 0.05) is 12.1 Å². The van der Waals surface area contributed by atoms with Gasteiger partial charge < -0.3 is 0 Å². The van der Waals surface area contributed by atoms with Crippen molar-refractivity contribution in [3.8, 4) is 0 Å². The molecule has 2 aliphatic heterocycles. The van der Waals surface area contributed by atoms with Gasteiger partial charge in [-0.15, -0.1) is 0 Å². The lowest BCUT2D eigenvalue weighted by atomic mass is 9.90. The van der Waals surface area contributed by atoms with Gasteiger partial charge in [-0.25, -0.2) is 9.96 Å². The Bertz CT molecular complexity index is 1270. The van der Waals surface area contributed by atoms with Crippen LogP contribution in [0.15, 0.2) is 72.8 Å². The fourth-order valence-electron chi connectivity index (χ4n) is 4.54. The molecule has 2 aliphatic rings. The molecule has 0 spiro atoms. The summed E-state index contributed by atoms with van der Waals surface area (Å²) in [5, 5.41) is 12.8. The molecule has 0 saturated carbocycles. The van der Waals surface area contributed by atoms with E-state index < -0.39 is 28.9 Å². The standard InChI is InChI=1S/C25H21N3O5/c1-15-10-12-17(13-11-15)22-21-23(33-27(22)18-7-5-8-19(14-18)28(31)32)25(30)26(24(21)29)20-9-4-3-6-16(20)2/h3-14,21-23H,1-2H3/t21-,22+,23+/m1/s1. The highest BCUT2D eigenvalue weighted by atomic mass is 16.7. The molecule has 0 bridgehead atoms. The van der Waals surface area contributed by atoms with Crippen molar-refractivity contribution in [3.05, 3.63) is 99.6 Å². The first-order chi connectivity index (χ1) is 15.9. The highest BCUT2D eigenvalue weighted by Crippen LogP contribution is 2.48. The molecule has 166 valence electrons. The lowest BCUT2D eigenvalue weighted by molar-refractivity contribution is -0.384. The molecule has 5 rings (SSSR count). The summed E-state index contributed by atoms with van der Waals surface area (Å²) in [5.74, 6) is -1.58. The van der Waals surface area contributed by atoms with Gasteiger partial charge in [0.05, 0.1) is 22.3 Å². The van der Waals surface area contributed by atoms with E-state index in [1.807, 2.05) is 50.2 Å². The first-order valence-corrected chi connectivity index (χ1v) is 10.6. The Kier molecular flexibility index (Phi) is 4.94. The predicted molar refractivity (Wildman–Crippen MR) is 122 cm³/mol. The van der Waals surface area contributed by atoms with Crippen molar-refractivity contribution in [1.82, 2.24) is 0 Å². The number of carbonyl (C=O) groups is 2. The molecule has 2 fully saturated rings. The van der Waals surface area contributed by atoms with E-state index in [2.05, 4.69) is 0 Å². The Hall–Kier alpha value is -4.04. The number of imide groups is 1. The second-order valence-corrected chi connectivity index (χ2v) is 8.31. The molecule has 33 heavy (non-hydrogen) atoms. The maximum Gasteiger partial charge on any atom is 0.271 e. The quantitative estimate of drug-likeness (QED) is 0.340. The van der Waals surface area contributed by atoms with Crippen molar-refractivity contribution in [2.45, 2.75) is 26.0 Å². The minimum Gasteiger partial charge on any atom is -0.273 e. The molecule has 2 heterocycles. The number of amides is 2. The zero-order valence-electron chi connectivity index (χ0n) is 18.0. The van der Waals surface area contributed by atoms with Crippen molar-refractivity contribution >= 4 is 28.9 Å². The molecule has 3 atom stereocenters. The van der Waals surface area contributed by atoms with E-state index in [4.69, 9.17) is 4.84 Å². The van der Waals surface area contributed by atoms with Crippen LogP contribution in [-0.4, -0.2) is 22.8 Å². The normalized spacial score (nSPS) is 22.1. The largest absolute Gasteiger partial charge is 0.273 e. The number of rotatable bonds is 4. The molecule has 0 radical (unpaired) electrons. The maximum absolute atomic E-state index is 13.6. The number of hydrogen-bond donors (Lipinski definition) is 0. The highest BCUT2D eigenvalue weighted by Gasteiger charge is 2.60. The molecule has 0 N–H and O–H groups in total. The van der Waals surface area contributed by atoms with Gasteiger partial charge in [-0.1, -0.05) is 54.1 Å². The summed E-state index contributed by atoms with van der Waals surface area (Å²) < 4.78 is 0. The van der Waals surface area contributed by atoms with Crippen LogP contribution in [0.1, 0.15) is 22.7 Å². The Labute approximate surface area is 190 Å². The smallest absolute Gasteiger partial charge is 0.271 e. The van der Waals surface area contributed by atoms with E-state index in [1.54, 1.807) is 24.3 Å².